The number of methoxy groups -OCH3 is 2. The molecule has 0 aromatic heterocycles. The fraction of sp³-hybridized carbons (Fsp3) is 0.435. The molecule has 2 bridgehead atoms. The molecule has 0 amide bonds. The molecule has 2 aliphatic rings. The molecule has 0 spiro atoms. The van der Waals surface area contributed by atoms with Crippen molar-refractivity contribution in [3.05, 3.63) is 53.6 Å². The van der Waals surface area contributed by atoms with Gasteiger partial charge in [-0.25, -0.2) is 13.1 Å². The first kappa shape index (κ1) is 21.6. The van der Waals surface area contributed by atoms with Crippen molar-refractivity contribution in [2.24, 2.45) is 0 Å². The van der Waals surface area contributed by atoms with E-state index in [0.29, 0.717) is 17.6 Å². The predicted molar refractivity (Wildman–Crippen MR) is 116 cm³/mol. The van der Waals surface area contributed by atoms with Gasteiger partial charge in [-0.3, -0.25) is 4.90 Å². The summed E-state index contributed by atoms with van der Waals surface area (Å²) in [7, 11) is -0.309. The van der Waals surface area contributed by atoms with Gasteiger partial charge in [0.1, 0.15) is 11.5 Å². The number of hydrogen-bond acceptors (Lipinski definition) is 6. The quantitative estimate of drug-likeness (QED) is 0.710. The summed E-state index contributed by atoms with van der Waals surface area (Å²) in [5.74, 6) is 1.57. The normalized spacial score (nSPS) is 23.3. The van der Waals surface area contributed by atoms with Gasteiger partial charge in [-0.05, 0) is 56.0 Å². The number of nitrogens with one attached hydrogen (secondary N) is 1. The van der Waals surface area contributed by atoms with Crippen molar-refractivity contribution in [2.45, 2.75) is 55.2 Å². The zero-order valence-electron chi connectivity index (χ0n) is 17.7. The van der Waals surface area contributed by atoms with Crippen molar-refractivity contribution >= 4 is 10.0 Å². The van der Waals surface area contributed by atoms with Crippen LogP contribution in [0.1, 0.15) is 36.8 Å². The Kier molecular flexibility index (Phi) is 6.19. The zero-order valence-corrected chi connectivity index (χ0v) is 18.6. The maximum absolute atomic E-state index is 12.8. The van der Waals surface area contributed by atoms with E-state index >= 15 is 0 Å². The molecule has 2 aromatic carbocycles. The Hall–Kier alpha value is -2.60. The van der Waals surface area contributed by atoms with Crippen molar-refractivity contribution in [1.29, 1.82) is 5.26 Å². The Morgan fingerprint density at radius 3 is 2.32 bits per heavy atom. The lowest BCUT2D eigenvalue weighted by atomic mass is 9.97. The molecule has 2 heterocycles. The maximum atomic E-state index is 12.8. The van der Waals surface area contributed by atoms with Crippen molar-refractivity contribution in [1.82, 2.24) is 9.62 Å². The van der Waals surface area contributed by atoms with E-state index in [1.54, 1.807) is 14.2 Å². The third kappa shape index (κ3) is 4.54. The largest absolute Gasteiger partial charge is 0.497 e. The standard InChI is InChI=1S/C23H27N3O4S/c1-29-21-8-5-17(23(13-21)30-2)15-26-19-6-7-20(26)12-18(11-19)25-31(27,28)22-9-3-16(14-24)4-10-22/h3-5,8-10,13,18-20,25H,6-7,11-12,15H2,1-2H3. The fourth-order valence-electron chi connectivity index (χ4n) is 4.80. The van der Waals surface area contributed by atoms with Crippen LogP contribution in [0.4, 0.5) is 0 Å². The Morgan fingerprint density at radius 2 is 1.74 bits per heavy atom. The van der Waals surface area contributed by atoms with Crippen molar-refractivity contribution in [3.8, 4) is 17.6 Å². The van der Waals surface area contributed by atoms with Crippen LogP contribution in [0.3, 0.4) is 0 Å². The van der Waals surface area contributed by atoms with Crippen molar-refractivity contribution in [3.63, 3.8) is 0 Å². The summed E-state index contributed by atoms with van der Waals surface area (Å²) in [5.41, 5.74) is 1.55. The molecular weight excluding hydrogens is 414 g/mol. The van der Waals surface area contributed by atoms with Gasteiger partial charge in [-0.15, -0.1) is 0 Å². The van der Waals surface area contributed by atoms with E-state index in [2.05, 4.69) is 9.62 Å². The number of ether oxygens (including phenoxy) is 2. The van der Waals surface area contributed by atoms with Crippen LogP contribution in [-0.2, 0) is 16.6 Å². The third-order valence-corrected chi connectivity index (χ3v) is 7.88. The SMILES string of the molecule is COc1ccc(CN2C3CCC2CC(NS(=O)(=O)c2ccc(C#N)cc2)C3)c(OC)c1. The van der Waals surface area contributed by atoms with E-state index < -0.39 is 10.0 Å². The van der Waals surface area contributed by atoms with Gasteiger partial charge >= 0.3 is 0 Å². The topological polar surface area (TPSA) is 91.7 Å². The van der Waals surface area contributed by atoms with E-state index in [4.69, 9.17) is 14.7 Å². The minimum atomic E-state index is -3.61. The van der Waals surface area contributed by atoms with Crippen molar-refractivity contribution in [2.75, 3.05) is 14.2 Å². The predicted octanol–water partition coefficient (Wildman–Crippen LogP) is 3.05. The van der Waals surface area contributed by atoms with Gasteiger partial charge in [0.2, 0.25) is 10.0 Å². The highest BCUT2D eigenvalue weighted by Gasteiger charge is 2.42. The number of benzene rings is 2. The van der Waals surface area contributed by atoms with Gasteiger partial charge in [-0.1, -0.05) is 6.07 Å². The van der Waals surface area contributed by atoms with Crippen LogP contribution < -0.4 is 14.2 Å². The fourth-order valence-corrected chi connectivity index (χ4v) is 6.07. The monoisotopic (exact) mass is 441 g/mol. The maximum Gasteiger partial charge on any atom is 0.240 e. The second-order valence-corrected chi connectivity index (χ2v) is 9.87. The number of rotatable bonds is 7. The molecule has 0 radical (unpaired) electrons. The second kappa shape index (κ2) is 8.87. The first-order valence-corrected chi connectivity index (χ1v) is 11.9. The molecule has 2 fully saturated rings. The molecule has 2 atom stereocenters. The van der Waals surface area contributed by atoms with Crippen LogP contribution >= 0.6 is 0 Å². The smallest absolute Gasteiger partial charge is 0.240 e. The highest BCUT2D eigenvalue weighted by Crippen LogP contribution is 2.38. The molecule has 31 heavy (non-hydrogen) atoms. The molecule has 164 valence electrons. The second-order valence-electron chi connectivity index (χ2n) is 8.16. The van der Waals surface area contributed by atoms with E-state index in [9.17, 15) is 8.42 Å². The molecule has 2 saturated heterocycles. The number of fused-ring (bicyclic) bond motifs is 2. The summed E-state index contributed by atoms with van der Waals surface area (Å²) in [6.45, 7) is 0.775. The van der Waals surface area contributed by atoms with Crippen LogP contribution in [0, 0.1) is 11.3 Å². The first-order valence-electron chi connectivity index (χ1n) is 10.4. The number of sulfonamides is 1. The molecule has 0 aliphatic carbocycles. The summed E-state index contributed by atoms with van der Waals surface area (Å²) < 4.78 is 39.4. The van der Waals surface area contributed by atoms with Gasteiger partial charge in [-0.2, -0.15) is 5.26 Å². The van der Waals surface area contributed by atoms with Gasteiger partial charge in [0.15, 0.2) is 0 Å². The molecule has 8 heteroatoms. The summed E-state index contributed by atoms with van der Waals surface area (Å²) in [4.78, 5) is 2.68. The number of hydrogen-bond donors (Lipinski definition) is 1. The third-order valence-electron chi connectivity index (χ3n) is 6.35. The van der Waals surface area contributed by atoms with Crippen LogP contribution in [0.2, 0.25) is 0 Å². The Balaban J connectivity index is 1.44. The lowest BCUT2D eigenvalue weighted by molar-refractivity contribution is 0.114. The van der Waals surface area contributed by atoms with Crippen LogP contribution in [0.15, 0.2) is 47.4 Å². The minimum absolute atomic E-state index is 0.0906. The van der Waals surface area contributed by atoms with E-state index in [0.717, 1.165) is 49.3 Å². The number of nitrogens with zero attached hydrogens (tertiary/aromatic N) is 2. The van der Waals surface area contributed by atoms with Crippen molar-refractivity contribution < 1.29 is 17.9 Å². The summed E-state index contributed by atoms with van der Waals surface area (Å²) in [6, 6.07) is 14.5. The van der Waals surface area contributed by atoms with Gasteiger partial charge < -0.3 is 9.47 Å². The highest BCUT2D eigenvalue weighted by molar-refractivity contribution is 7.89. The van der Waals surface area contributed by atoms with Gasteiger partial charge in [0.05, 0.1) is 30.7 Å². The summed E-state index contributed by atoms with van der Waals surface area (Å²) >= 11 is 0. The lowest BCUT2D eigenvalue weighted by Crippen LogP contribution is -2.49. The Morgan fingerprint density at radius 1 is 1.06 bits per heavy atom. The molecule has 0 saturated carbocycles. The molecule has 1 N–H and O–H groups in total. The molecule has 7 nitrogen and oxygen atoms in total. The van der Waals surface area contributed by atoms with Crippen LogP contribution in [-0.4, -0.2) is 45.7 Å². The van der Waals surface area contributed by atoms with E-state index in [1.165, 1.54) is 24.3 Å². The molecule has 2 unspecified atom stereocenters. The van der Waals surface area contributed by atoms with Gasteiger partial charge in [0, 0.05) is 36.3 Å². The lowest BCUT2D eigenvalue weighted by Gasteiger charge is -2.39. The number of piperidine rings is 1. The molecule has 2 aromatic rings. The van der Waals surface area contributed by atoms with Gasteiger partial charge in [0.25, 0.3) is 0 Å². The van der Waals surface area contributed by atoms with E-state index in [1.807, 2.05) is 24.3 Å². The van der Waals surface area contributed by atoms with Crippen LogP contribution in [0.25, 0.3) is 0 Å². The molecular formula is C23H27N3O4S. The average molecular weight is 442 g/mol. The average Bonchev–Trinajstić information content (AvgIpc) is 3.01. The Bertz CT molecular complexity index is 1060. The molecule has 2 aliphatic heterocycles. The minimum Gasteiger partial charge on any atom is -0.497 e. The first-order chi connectivity index (χ1) is 14.9. The molecule has 4 rings (SSSR count). The Labute approximate surface area is 183 Å². The summed E-state index contributed by atoms with van der Waals surface area (Å²) in [6.07, 6.45) is 3.70. The highest BCUT2D eigenvalue weighted by atomic mass is 32.2. The zero-order chi connectivity index (χ0) is 22.0. The van der Waals surface area contributed by atoms with E-state index in [-0.39, 0.29) is 10.9 Å². The van der Waals surface area contributed by atoms with Crippen LogP contribution in [0.5, 0.6) is 11.5 Å². The number of nitriles is 1. The summed E-state index contributed by atoms with van der Waals surface area (Å²) in [5, 5.41) is 8.91.